The van der Waals surface area contributed by atoms with E-state index in [0.717, 1.165) is 0 Å². The second kappa shape index (κ2) is 7.40. The summed E-state index contributed by atoms with van der Waals surface area (Å²) < 4.78 is 20.9. The standard InChI is InChI=1S/C17H19NO5/c1-20-11-8-9-13(15(10-11)22-3)18-17(19)12-6-5-7-14(21-2)16(12)23-4/h5-10H,1-4H3,(H,18,19). The predicted molar refractivity (Wildman–Crippen MR) is 87.0 cm³/mol. The Bertz CT molecular complexity index is 699. The van der Waals surface area contributed by atoms with Crippen LogP contribution in [-0.2, 0) is 0 Å². The molecule has 0 spiro atoms. The van der Waals surface area contributed by atoms with Crippen molar-refractivity contribution in [2.24, 2.45) is 0 Å². The topological polar surface area (TPSA) is 66.0 Å². The SMILES string of the molecule is COc1ccc(NC(=O)c2cccc(OC)c2OC)c(OC)c1. The fourth-order valence-electron chi connectivity index (χ4n) is 2.16. The average Bonchev–Trinajstić information content (AvgIpc) is 2.60. The van der Waals surface area contributed by atoms with Gasteiger partial charge in [-0.25, -0.2) is 0 Å². The number of benzene rings is 2. The Kier molecular flexibility index (Phi) is 5.30. The maximum absolute atomic E-state index is 12.6. The van der Waals surface area contributed by atoms with Crippen molar-refractivity contribution in [2.45, 2.75) is 0 Å². The largest absolute Gasteiger partial charge is 0.497 e. The summed E-state index contributed by atoms with van der Waals surface area (Å²) in [6.45, 7) is 0. The molecule has 0 saturated carbocycles. The van der Waals surface area contributed by atoms with Gasteiger partial charge in [0.15, 0.2) is 11.5 Å². The van der Waals surface area contributed by atoms with E-state index in [9.17, 15) is 4.79 Å². The van der Waals surface area contributed by atoms with E-state index in [1.54, 1.807) is 43.5 Å². The van der Waals surface area contributed by atoms with Gasteiger partial charge in [0.05, 0.1) is 39.7 Å². The summed E-state index contributed by atoms with van der Waals surface area (Å²) in [4.78, 5) is 12.6. The second-order valence-electron chi connectivity index (χ2n) is 4.56. The fourth-order valence-corrected chi connectivity index (χ4v) is 2.16. The van der Waals surface area contributed by atoms with Crippen molar-refractivity contribution in [3.05, 3.63) is 42.0 Å². The summed E-state index contributed by atoms with van der Waals surface area (Å²) in [5.74, 6) is 1.67. The Balaban J connectivity index is 2.33. The molecule has 0 aliphatic heterocycles. The van der Waals surface area contributed by atoms with Crippen LogP contribution in [0, 0.1) is 0 Å². The summed E-state index contributed by atoms with van der Waals surface area (Å²) in [5.41, 5.74) is 0.896. The summed E-state index contributed by atoms with van der Waals surface area (Å²) in [6, 6.07) is 10.2. The molecular weight excluding hydrogens is 298 g/mol. The van der Waals surface area contributed by atoms with Gasteiger partial charge in [-0.3, -0.25) is 4.79 Å². The highest BCUT2D eigenvalue weighted by molar-refractivity contribution is 6.07. The summed E-state index contributed by atoms with van der Waals surface area (Å²) in [7, 11) is 6.10. The predicted octanol–water partition coefficient (Wildman–Crippen LogP) is 2.97. The van der Waals surface area contributed by atoms with Crippen LogP contribution in [0.5, 0.6) is 23.0 Å². The maximum Gasteiger partial charge on any atom is 0.259 e. The van der Waals surface area contributed by atoms with Crippen LogP contribution in [0.4, 0.5) is 5.69 Å². The molecule has 0 unspecified atom stereocenters. The van der Waals surface area contributed by atoms with Gasteiger partial charge in [0.1, 0.15) is 11.5 Å². The molecule has 6 heteroatoms. The van der Waals surface area contributed by atoms with E-state index in [-0.39, 0.29) is 5.91 Å². The van der Waals surface area contributed by atoms with Crippen molar-refractivity contribution in [1.29, 1.82) is 0 Å². The first-order chi connectivity index (χ1) is 11.1. The number of anilines is 1. The van der Waals surface area contributed by atoms with Crippen molar-refractivity contribution >= 4 is 11.6 Å². The molecule has 0 saturated heterocycles. The molecule has 2 aromatic rings. The fraction of sp³-hybridized carbons (Fsp3) is 0.235. The molecule has 0 bridgehead atoms. The van der Waals surface area contributed by atoms with Gasteiger partial charge in [0, 0.05) is 6.07 Å². The average molecular weight is 317 g/mol. The molecule has 0 heterocycles. The minimum Gasteiger partial charge on any atom is -0.497 e. The van der Waals surface area contributed by atoms with Crippen molar-refractivity contribution < 1.29 is 23.7 Å². The number of ether oxygens (including phenoxy) is 4. The molecule has 0 aromatic heterocycles. The number of methoxy groups -OCH3 is 4. The third kappa shape index (κ3) is 3.48. The molecule has 0 radical (unpaired) electrons. The Morgan fingerprint density at radius 3 is 2.22 bits per heavy atom. The molecule has 23 heavy (non-hydrogen) atoms. The number of para-hydroxylation sites is 1. The molecule has 1 amide bonds. The van der Waals surface area contributed by atoms with Crippen molar-refractivity contribution in [3.63, 3.8) is 0 Å². The first-order valence-electron chi connectivity index (χ1n) is 6.89. The van der Waals surface area contributed by atoms with Crippen LogP contribution in [0.1, 0.15) is 10.4 Å². The van der Waals surface area contributed by atoms with Crippen LogP contribution < -0.4 is 24.3 Å². The number of hydrogen-bond donors (Lipinski definition) is 1. The monoisotopic (exact) mass is 317 g/mol. The van der Waals surface area contributed by atoms with E-state index in [4.69, 9.17) is 18.9 Å². The van der Waals surface area contributed by atoms with Gasteiger partial charge in [-0.1, -0.05) is 6.07 Å². The number of rotatable bonds is 6. The number of amides is 1. The quantitative estimate of drug-likeness (QED) is 0.887. The number of carbonyl (C=O) groups is 1. The molecule has 0 atom stereocenters. The highest BCUT2D eigenvalue weighted by atomic mass is 16.5. The molecule has 0 fully saturated rings. The summed E-state index contributed by atoms with van der Waals surface area (Å²) in [5, 5.41) is 2.80. The first kappa shape index (κ1) is 16.5. The van der Waals surface area contributed by atoms with Crippen molar-refractivity contribution in [1.82, 2.24) is 0 Å². The van der Waals surface area contributed by atoms with E-state index in [0.29, 0.717) is 34.2 Å². The Hall–Kier alpha value is -2.89. The maximum atomic E-state index is 12.6. The molecule has 6 nitrogen and oxygen atoms in total. The Morgan fingerprint density at radius 1 is 0.870 bits per heavy atom. The zero-order valence-electron chi connectivity index (χ0n) is 13.5. The lowest BCUT2D eigenvalue weighted by atomic mass is 10.1. The zero-order valence-corrected chi connectivity index (χ0v) is 13.5. The van der Waals surface area contributed by atoms with E-state index in [1.165, 1.54) is 21.3 Å². The molecule has 0 aliphatic carbocycles. The third-order valence-corrected chi connectivity index (χ3v) is 3.30. The highest BCUT2D eigenvalue weighted by Gasteiger charge is 2.18. The van der Waals surface area contributed by atoms with E-state index in [2.05, 4.69) is 5.32 Å². The summed E-state index contributed by atoms with van der Waals surface area (Å²) in [6.07, 6.45) is 0. The zero-order chi connectivity index (χ0) is 16.8. The van der Waals surface area contributed by atoms with Crippen LogP contribution in [0.25, 0.3) is 0 Å². The molecule has 2 aromatic carbocycles. The van der Waals surface area contributed by atoms with Gasteiger partial charge < -0.3 is 24.3 Å². The first-order valence-corrected chi connectivity index (χ1v) is 6.89. The highest BCUT2D eigenvalue weighted by Crippen LogP contribution is 2.33. The minimum absolute atomic E-state index is 0.329. The molecule has 2 rings (SSSR count). The normalized spacial score (nSPS) is 9.91. The number of carbonyl (C=O) groups excluding carboxylic acids is 1. The molecular formula is C17H19NO5. The summed E-state index contributed by atoms with van der Waals surface area (Å²) >= 11 is 0. The second-order valence-corrected chi connectivity index (χ2v) is 4.56. The van der Waals surface area contributed by atoms with E-state index >= 15 is 0 Å². The van der Waals surface area contributed by atoms with Gasteiger partial charge in [0.2, 0.25) is 0 Å². The smallest absolute Gasteiger partial charge is 0.259 e. The van der Waals surface area contributed by atoms with Gasteiger partial charge in [-0.15, -0.1) is 0 Å². The van der Waals surface area contributed by atoms with Crippen LogP contribution in [0.3, 0.4) is 0 Å². The number of nitrogens with one attached hydrogen (secondary N) is 1. The lowest BCUT2D eigenvalue weighted by Crippen LogP contribution is -2.14. The van der Waals surface area contributed by atoms with Gasteiger partial charge in [0.25, 0.3) is 5.91 Å². The van der Waals surface area contributed by atoms with Crippen molar-refractivity contribution in [2.75, 3.05) is 33.8 Å². The van der Waals surface area contributed by atoms with Crippen LogP contribution >= 0.6 is 0 Å². The number of hydrogen-bond acceptors (Lipinski definition) is 5. The minimum atomic E-state index is -0.329. The van der Waals surface area contributed by atoms with E-state index in [1.807, 2.05) is 0 Å². The van der Waals surface area contributed by atoms with Gasteiger partial charge in [-0.2, -0.15) is 0 Å². The van der Waals surface area contributed by atoms with Crippen LogP contribution in [0.2, 0.25) is 0 Å². The van der Waals surface area contributed by atoms with Crippen LogP contribution in [-0.4, -0.2) is 34.3 Å². The molecule has 122 valence electrons. The molecule has 0 aliphatic rings. The van der Waals surface area contributed by atoms with Crippen molar-refractivity contribution in [3.8, 4) is 23.0 Å². The molecule has 1 N–H and O–H groups in total. The Labute approximate surface area is 134 Å². The van der Waals surface area contributed by atoms with Crippen LogP contribution in [0.15, 0.2) is 36.4 Å². The third-order valence-electron chi connectivity index (χ3n) is 3.30. The van der Waals surface area contributed by atoms with Gasteiger partial charge >= 0.3 is 0 Å². The van der Waals surface area contributed by atoms with Gasteiger partial charge in [-0.05, 0) is 24.3 Å². The lowest BCUT2D eigenvalue weighted by Gasteiger charge is -2.14. The lowest BCUT2D eigenvalue weighted by molar-refractivity contribution is 0.102. The van der Waals surface area contributed by atoms with E-state index < -0.39 is 0 Å². The Morgan fingerprint density at radius 2 is 1.61 bits per heavy atom.